The molecular formula is C11H15N5O2. The van der Waals surface area contributed by atoms with E-state index in [2.05, 4.69) is 20.4 Å². The maximum absolute atomic E-state index is 5.68. The van der Waals surface area contributed by atoms with Crippen LogP contribution in [0.4, 0.5) is 5.82 Å². The van der Waals surface area contributed by atoms with Gasteiger partial charge in [0.05, 0.1) is 12.8 Å². The topological polar surface area (TPSA) is 74.1 Å². The Labute approximate surface area is 105 Å². The van der Waals surface area contributed by atoms with E-state index in [0.29, 0.717) is 23.3 Å². The second kappa shape index (κ2) is 4.91. The van der Waals surface area contributed by atoms with E-state index < -0.39 is 0 Å². The van der Waals surface area contributed by atoms with Crippen molar-refractivity contribution in [3.8, 4) is 17.5 Å². The van der Waals surface area contributed by atoms with E-state index in [1.807, 2.05) is 13.0 Å². The molecule has 2 aromatic rings. The van der Waals surface area contributed by atoms with Crippen LogP contribution in [0.2, 0.25) is 0 Å². The predicted octanol–water partition coefficient (Wildman–Crippen LogP) is 1.36. The van der Waals surface area contributed by atoms with Crippen LogP contribution in [0.15, 0.2) is 12.4 Å². The molecule has 0 aliphatic rings. The van der Waals surface area contributed by atoms with E-state index >= 15 is 0 Å². The fourth-order valence-electron chi connectivity index (χ4n) is 1.57. The Kier molecular flexibility index (Phi) is 3.31. The van der Waals surface area contributed by atoms with Crippen LogP contribution < -0.4 is 14.8 Å². The van der Waals surface area contributed by atoms with E-state index in [1.165, 1.54) is 6.33 Å². The van der Waals surface area contributed by atoms with E-state index in [-0.39, 0.29) is 0 Å². The lowest BCUT2D eigenvalue weighted by Gasteiger charge is -2.11. The van der Waals surface area contributed by atoms with Gasteiger partial charge in [0, 0.05) is 20.2 Å². The van der Waals surface area contributed by atoms with Gasteiger partial charge in [0.15, 0.2) is 5.82 Å². The molecule has 0 saturated heterocycles. The van der Waals surface area contributed by atoms with Crippen molar-refractivity contribution in [1.29, 1.82) is 0 Å². The van der Waals surface area contributed by atoms with Crippen LogP contribution in [0.25, 0.3) is 0 Å². The van der Waals surface area contributed by atoms with Crippen LogP contribution in [0.1, 0.15) is 5.69 Å². The molecule has 0 fully saturated rings. The van der Waals surface area contributed by atoms with Crippen molar-refractivity contribution in [3.63, 3.8) is 0 Å². The second-order valence-corrected chi connectivity index (χ2v) is 3.66. The lowest BCUT2D eigenvalue weighted by atomic mass is 10.5. The molecule has 0 atom stereocenters. The van der Waals surface area contributed by atoms with Crippen molar-refractivity contribution < 1.29 is 9.47 Å². The number of nitrogens with zero attached hydrogens (tertiary/aromatic N) is 4. The minimum Gasteiger partial charge on any atom is -0.489 e. The third kappa shape index (κ3) is 2.20. The highest BCUT2D eigenvalue weighted by atomic mass is 16.5. The van der Waals surface area contributed by atoms with Gasteiger partial charge in [-0.3, -0.25) is 0 Å². The number of nitrogens with one attached hydrogen (secondary N) is 1. The Hall–Kier alpha value is -2.31. The first-order valence-electron chi connectivity index (χ1n) is 5.41. The lowest BCUT2D eigenvalue weighted by Crippen LogP contribution is -2.02. The average molecular weight is 249 g/mol. The van der Waals surface area contributed by atoms with Gasteiger partial charge in [0.1, 0.15) is 6.33 Å². The van der Waals surface area contributed by atoms with Gasteiger partial charge in [-0.15, -0.1) is 0 Å². The van der Waals surface area contributed by atoms with Crippen molar-refractivity contribution in [2.75, 3.05) is 19.5 Å². The number of hydrogen-bond acceptors (Lipinski definition) is 6. The van der Waals surface area contributed by atoms with Gasteiger partial charge in [-0.05, 0) is 6.92 Å². The van der Waals surface area contributed by atoms with Crippen LogP contribution in [0.3, 0.4) is 0 Å². The molecular weight excluding hydrogens is 234 g/mol. The minimum atomic E-state index is 0.347. The van der Waals surface area contributed by atoms with Gasteiger partial charge in [-0.2, -0.15) is 10.1 Å². The molecule has 2 heterocycles. The fourth-order valence-corrected chi connectivity index (χ4v) is 1.57. The molecule has 0 aromatic carbocycles. The SMILES string of the molecule is CNc1ncnc(Oc2cc(C)nn2C)c1OC. The molecule has 2 rings (SSSR count). The summed E-state index contributed by atoms with van der Waals surface area (Å²) in [4.78, 5) is 8.11. The Morgan fingerprint density at radius 1 is 1.33 bits per heavy atom. The van der Waals surface area contributed by atoms with Crippen molar-refractivity contribution in [2.45, 2.75) is 6.92 Å². The molecule has 2 aromatic heterocycles. The van der Waals surface area contributed by atoms with E-state index in [0.717, 1.165) is 5.69 Å². The lowest BCUT2D eigenvalue weighted by molar-refractivity contribution is 0.354. The van der Waals surface area contributed by atoms with E-state index in [1.54, 1.807) is 25.9 Å². The van der Waals surface area contributed by atoms with Crippen LogP contribution >= 0.6 is 0 Å². The second-order valence-electron chi connectivity index (χ2n) is 3.66. The maximum Gasteiger partial charge on any atom is 0.269 e. The molecule has 0 unspecified atom stereocenters. The molecule has 18 heavy (non-hydrogen) atoms. The summed E-state index contributed by atoms with van der Waals surface area (Å²) in [5, 5.41) is 7.11. The summed E-state index contributed by atoms with van der Waals surface area (Å²) in [6, 6.07) is 1.82. The monoisotopic (exact) mass is 249 g/mol. The van der Waals surface area contributed by atoms with Gasteiger partial charge in [-0.1, -0.05) is 0 Å². The standard InChI is InChI=1S/C11H15N5O2/c1-7-5-8(16(3)15-7)18-11-9(17-4)10(12-2)13-6-14-11/h5-6H,1-4H3,(H,12,13,14). The molecule has 1 N–H and O–H groups in total. The third-order valence-electron chi connectivity index (χ3n) is 2.37. The summed E-state index contributed by atoms with van der Waals surface area (Å²) in [6.45, 7) is 1.89. The van der Waals surface area contributed by atoms with Crippen molar-refractivity contribution in [2.24, 2.45) is 7.05 Å². The normalized spacial score (nSPS) is 10.2. The molecule has 0 aliphatic heterocycles. The number of rotatable bonds is 4. The number of aromatic nitrogens is 4. The van der Waals surface area contributed by atoms with Crippen molar-refractivity contribution in [3.05, 3.63) is 18.1 Å². The highest BCUT2D eigenvalue weighted by molar-refractivity contribution is 5.55. The average Bonchev–Trinajstić information content (AvgIpc) is 2.67. The number of methoxy groups -OCH3 is 1. The van der Waals surface area contributed by atoms with Crippen molar-refractivity contribution >= 4 is 5.82 Å². The first-order chi connectivity index (χ1) is 8.65. The summed E-state index contributed by atoms with van der Waals surface area (Å²) >= 11 is 0. The molecule has 0 saturated carbocycles. The zero-order chi connectivity index (χ0) is 13.1. The molecule has 96 valence electrons. The highest BCUT2D eigenvalue weighted by Gasteiger charge is 2.15. The number of ether oxygens (including phenoxy) is 2. The first kappa shape index (κ1) is 12.2. The zero-order valence-electron chi connectivity index (χ0n) is 10.8. The Morgan fingerprint density at radius 2 is 2.11 bits per heavy atom. The smallest absolute Gasteiger partial charge is 0.269 e. The molecule has 0 spiro atoms. The number of anilines is 1. The zero-order valence-corrected chi connectivity index (χ0v) is 10.8. The molecule has 7 nitrogen and oxygen atoms in total. The minimum absolute atomic E-state index is 0.347. The summed E-state index contributed by atoms with van der Waals surface area (Å²) in [7, 11) is 5.10. The summed E-state index contributed by atoms with van der Waals surface area (Å²) in [5.41, 5.74) is 0.870. The number of aryl methyl sites for hydroxylation is 2. The van der Waals surface area contributed by atoms with Crippen LogP contribution in [0.5, 0.6) is 17.5 Å². The summed E-state index contributed by atoms with van der Waals surface area (Å²) in [6.07, 6.45) is 1.41. The Bertz CT molecular complexity index is 552. The third-order valence-corrected chi connectivity index (χ3v) is 2.37. The molecule has 0 amide bonds. The van der Waals surface area contributed by atoms with Gasteiger partial charge in [-0.25, -0.2) is 9.67 Å². The van der Waals surface area contributed by atoms with Crippen LogP contribution in [-0.4, -0.2) is 33.9 Å². The van der Waals surface area contributed by atoms with Gasteiger partial charge in [0.2, 0.25) is 11.6 Å². The largest absolute Gasteiger partial charge is 0.489 e. The van der Waals surface area contributed by atoms with E-state index in [9.17, 15) is 0 Å². The quantitative estimate of drug-likeness (QED) is 0.882. The van der Waals surface area contributed by atoms with Gasteiger partial charge >= 0.3 is 0 Å². The predicted molar refractivity (Wildman–Crippen MR) is 66.1 cm³/mol. The van der Waals surface area contributed by atoms with Crippen molar-refractivity contribution in [1.82, 2.24) is 19.7 Å². The van der Waals surface area contributed by atoms with Gasteiger partial charge < -0.3 is 14.8 Å². The first-order valence-corrected chi connectivity index (χ1v) is 5.41. The van der Waals surface area contributed by atoms with Crippen LogP contribution in [0, 0.1) is 6.92 Å². The molecule has 0 aliphatic carbocycles. The van der Waals surface area contributed by atoms with Gasteiger partial charge in [0.25, 0.3) is 5.88 Å². The van der Waals surface area contributed by atoms with E-state index in [4.69, 9.17) is 9.47 Å². The summed E-state index contributed by atoms with van der Waals surface area (Å²) < 4.78 is 12.6. The molecule has 7 heteroatoms. The Balaban J connectivity index is 2.37. The highest BCUT2D eigenvalue weighted by Crippen LogP contribution is 2.33. The molecule has 0 radical (unpaired) electrons. The number of hydrogen-bond donors (Lipinski definition) is 1. The van der Waals surface area contributed by atoms with Crippen LogP contribution in [-0.2, 0) is 7.05 Å². The Morgan fingerprint density at radius 3 is 2.67 bits per heavy atom. The summed E-state index contributed by atoms with van der Waals surface area (Å²) in [5.74, 6) is 1.96. The maximum atomic E-state index is 5.68. The molecule has 0 bridgehead atoms. The fraction of sp³-hybridized carbons (Fsp3) is 0.364.